The summed E-state index contributed by atoms with van der Waals surface area (Å²) in [4.78, 5) is 60.9. The van der Waals surface area contributed by atoms with Gasteiger partial charge in [-0.25, -0.2) is 13.9 Å². The van der Waals surface area contributed by atoms with Crippen LogP contribution in [0, 0.1) is 23.3 Å². The molecule has 14 nitrogen and oxygen atoms in total. The summed E-state index contributed by atoms with van der Waals surface area (Å²) < 4.78 is 59.0. The first-order valence-electron chi connectivity index (χ1n) is 11.8. The molecule has 0 saturated heterocycles. The summed E-state index contributed by atoms with van der Waals surface area (Å²) in [5, 5.41) is 28.6. The molecule has 3 aromatic rings. The molecule has 2 unspecified atom stereocenters. The fraction of sp³-hybridized carbons (Fsp3) is 0.250. The van der Waals surface area contributed by atoms with E-state index >= 15 is 0 Å². The average molecular weight is 595 g/mol. The van der Waals surface area contributed by atoms with E-state index in [1.165, 1.54) is 12.1 Å². The number of Topliss-reactive ketones (excluding diaryl/α,β-unsaturated/α-hetero) is 1. The van der Waals surface area contributed by atoms with E-state index in [9.17, 15) is 41.5 Å². The van der Waals surface area contributed by atoms with Crippen molar-refractivity contribution in [1.82, 2.24) is 31.3 Å². The number of amides is 3. The highest BCUT2D eigenvalue weighted by atomic mass is 19.2. The first-order chi connectivity index (χ1) is 19.9. The minimum absolute atomic E-state index is 0.0708. The zero-order chi connectivity index (χ0) is 31.0. The van der Waals surface area contributed by atoms with Gasteiger partial charge in [-0.2, -0.15) is 8.78 Å². The van der Waals surface area contributed by atoms with Crippen LogP contribution in [-0.2, 0) is 24.0 Å². The number of anilines is 1. The van der Waals surface area contributed by atoms with Crippen LogP contribution in [-0.4, -0.2) is 73.9 Å². The van der Waals surface area contributed by atoms with Gasteiger partial charge in [0.25, 0.3) is 0 Å². The summed E-state index contributed by atoms with van der Waals surface area (Å²) in [6, 6.07) is 2.96. The highest BCUT2D eigenvalue weighted by Crippen LogP contribution is 2.26. The van der Waals surface area contributed by atoms with Crippen LogP contribution in [0.15, 0.2) is 30.3 Å². The standard InChI is InChI=1S/C24H21F4N7O7/c1-10(29-23(40)24(41)30-12-4-2-3-11(7-12)21-32-34-35-33-21)22(39)31-15(5-6-17(37)38)16(36)9-42-20-18(27)13(25)8-14(26)19(20)28/h2-4,7-8,10,15H,5-6,9H2,1H3,(H,29,40)(H,30,41)(H,31,39)(H,37,38)(H,32,33,34,35). The molecule has 1 aromatic heterocycles. The number of nitrogens with zero attached hydrogens (tertiary/aromatic N) is 3. The van der Waals surface area contributed by atoms with Crippen LogP contribution in [0.2, 0.25) is 0 Å². The number of hydrogen-bond acceptors (Lipinski definition) is 9. The number of aromatic amines is 1. The SMILES string of the molecule is CC(NC(=O)C(=O)Nc1cccc(-c2nnn[nH]2)c1)C(=O)NC(CCC(=O)O)C(=O)COc1c(F)c(F)cc(F)c1F. The Bertz CT molecular complexity index is 1480. The monoisotopic (exact) mass is 595 g/mol. The Morgan fingerprint density at radius 3 is 2.31 bits per heavy atom. The fourth-order valence-corrected chi connectivity index (χ4v) is 3.34. The van der Waals surface area contributed by atoms with Crippen molar-refractivity contribution in [3.63, 3.8) is 0 Å². The third-order valence-electron chi connectivity index (χ3n) is 5.47. The molecule has 18 heteroatoms. The summed E-state index contributed by atoms with van der Waals surface area (Å²) in [6.45, 7) is -0.0683. The van der Waals surface area contributed by atoms with E-state index in [1.807, 2.05) is 0 Å². The van der Waals surface area contributed by atoms with Gasteiger partial charge in [0.2, 0.25) is 17.5 Å². The molecule has 0 spiro atoms. The molecule has 1 heterocycles. The topological polar surface area (TPSA) is 205 Å². The Hall–Kier alpha value is -5.42. The van der Waals surface area contributed by atoms with Gasteiger partial charge >= 0.3 is 17.8 Å². The van der Waals surface area contributed by atoms with Gasteiger partial charge < -0.3 is 25.8 Å². The molecule has 0 aliphatic rings. The summed E-state index contributed by atoms with van der Waals surface area (Å²) in [7, 11) is 0. The van der Waals surface area contributed by atoms with Gasteiger partial charge in [-0.15, -0.1) is 5.10 Å². The second-order valence-corrected chi connectivity index (χ2v) is 8.53. The number of halogens is 4. The number of aliphatic carboxylic acids is 1. The number of carbonyl (C=O) groups excluding carboxylic acids is 4. The normalized spacial score (nSPS) is 12.1. The van der Waals surface area contributed by atoms with E-state index in [-0.39, 0.29) is 17.6 Å². The predicted molar refractivity (Wildman–Crippen MR) is 131 cm³/mol. The summed E-state index contributed by atoms with van der Waals surface area (Å²) >= 11 is 0. The van der Waals surface area contributed by atoms with E-state index in [1.54, 1.807) is 12.1 Å². The van der Waals surface area contributed by atoms with Crippen molar-refractivity contribution in [3.8, 4) is 17.1 Å². The molecule has 42 heavy (non-hydrogen) atoms. The number of tetrazole rings is 1. The van der Waals surface area contributed by atoms with E-state index in [4.69, 9.17) is 5.11 Å². The molecule has 0 radical (unpaired) electrons. The van der Waals surface area contributed by atoms with Crippen molar-refractivity contribution in [1.29, 1.82) is 0 Å². The highest BCUT2D eigenvalue weighted by Gasteiger charge is 2.28. The Morgan fingerprint density at radius 2 is 1.69 bits per heavy atom. The number of hydrogen-bond donors (Lipinski definition) is 5. The zero-order valence-electron chi connectivity index (χ0n) is 21.4. The van der Waals surface area contributed by atoms with Crippen molar-refractivity contribution in [3.05, 3.63) is 53.6 Å². The van der Waals surface area contributed by atoms with Crippen LogP contribution in [0.5, 0.6) is 5.75 Å². The third kappa shape index (κ3) is 8.05. The number of rotatable bonds is 12. The minimum Gasteiger partial charge on any atom is -0.481 e. The van der Waals surface area contributed by atoms with E-state index in [0.717, 1.165) is 6.92 Å². The summed E-state index contributed by atoms with van der Waals surface area (Å²) in [5.41, 5.74) is 0.673. The Labute approximate surface area is 232 Å². The van der Waals surface area contributed by atoms with Gasteiger partial charge in [0, 0.05) is 23.7 Å². The van der Waals surface area contributed by atoms with Gasteiger partial charge in [0.1, 0.15) is 12.6 Å². The predicted octanol–water partition coefficient (Wildman–Crippen LogP) is 0.864. The summed E-state index contributed by atoms with van der Waals surface area (Å²) in [6.07, 6.45) is -1.18. The van der Waals surface area contributed by atoms with Crippen LogP contribution < -0.4 is 20.7 Å². The highest BCUT2D eigenvalue weighted by molar-refractivity contribution is 6.40. The van der Waals surface area contributed by atoms with Crippen molar-refractivity contribution in [2.45, 2.75) is 31.8 Å². The smallest absolute Gasteiger partial charge is 0.313 e. The lowest BCUT2D eigenvalue weighted by Crippen LogP contribution is -2.52. The molecule has 0 saturated carbocycles. The Balaban J connectivity index is 1.61. The van der Waals surface area contributed by atoms with Gasteiger partial charge in [0.15, 0.2) is 29.0 Å². The molecule has 222 valence electrons. The second kappa shape index (κ2) is 13.8. The molecule has 5 N–H and O–H groups in total. The van der Waals surface area contributed by atoms with Gasteiger partial charge in [-0.05, 0) is 35.9 Å². The maximum atomic E-state index is 13.8. The molecule has 3 rings (SSSR count). The minimum atomic E-state index is -1.91. The van der Waals surface area contributed by atoms with Gasteiger partial charge in [-0.1, -0.05) is 12.1 Å². The maximum absolute atomic E-state index is 13.8. The molecule has 2 atom stereocenters. The second-order valence-electron chi connectivity index (χ2n) is 8.53. The summed E-state index contributed by atoms with van der Waals surface area (Å²) in [5.74, 6) is -14.6. The van der Waals surface area contributed by atoms with Crippen molar-refractivity contribution in [2.24, 2.45) is 0 Å². The molecule has 0 fully saturated rings. The Kier molecular flexibility index (Phi) is 10.2. The van der Waals surface area contributed by atoms with E-state index < -0.39 is 90.0 Å². The third-order valence-corrected chi connectivity index (χ3v) is 5.47. The average Bonchev–Trinajstić information content (AvgIpc) is 3.49. The molecule has 0 aliphatic carbocycles. The van der Waals surface area contributed by atoms with Gasteiger partial charge in [0.05, 0.1) is 6.04 Å². The van der Waals surface area contributed by atoms with Crippen LogP contribution in [0.3, 0.4) is 0 Å². The van der Waals surface area contributed by atoms with Crippen molar-refractivity contribution < 1.29 is 51.4 Å². The zero-order valence-corrected chi connectivity index (χ0v) is 21.4. The first-order valence-corrected chi connectivity index (χ1v) is 11.8. The first kappa shape index (κ1) is 31.1. The number of carboxylic acid groups (broad SMARTS) is 1. The van der Waals surface area contributed by atoms with Crippen LogP contribution in [0.1, 0.15) is 19.8 Å². The van der Waals surface area contributed by atoms with Crippen molar-refractivity contribution in [2.75, 3.05) is 11.9 Å². The lowest BCUT2D eigenvalue weighted by molar-refractivity contribution is -0.139. The molecule has 2 aromatic carbocycles. The van der Waals surface area contributed by atoms with E-state index in [0.29, 0.717) is 5.56 Å². The lowest BCUT2D eigenvalue weighted by Gasteiger charge is -2.20. The number of carbonyl (C=O) groups is 5. The lowest BCUT2D eigenvalue weighted by atomic mass is 10.1. The maximum Gasteiger partial charge on any atom is 0.313 e. The molecular weight excluding hydrogens is 574 g/mol. The molecule has 0 aliphatic heterocycles. The number of ketones is 1. The molecule has 3 amide bonds. The van der Waals surface area contributed by atoms with E-state index in [2.05, 4.69) is 41.3 Å². The van der Waals surface area contributed by atoms with Crippen LogP contribution in [0.4, 0.5) is 23.2 Å². The quantitative estimate of drug-likeness (QED) is 0.113. The largest absolute Gasteiger partial charge is 0.481 e. The fourth-order valence-electron chi connectivity index (χ4n) is 3.34. The molecule has 0 bridgehead atoms. The molecular formula is C24H21F4N7O7. The number of benzene rings is 2. The number of ether oxygens (including phenoxy) is 1. The van der Waals surface area contributed by atoms with Crippen LogP contribution >= 0.6 is 0 Å². The van der Waals surface area contributed by atoms with Crippen molar-refractivity contribution >= 4 is 35.2 Å². The number of aromatic nitrogens is 4. The number of carboxylic acids is 1. The Morgan fingerprint density at radius 1 is 1.00 bits per heavy atom. The van der Waals surface area contributed by atoms with Gasteiger partial charge in [-0.3, -0.25) is 24.0 Å². The number of nitrogens with one attached hydrogen (secondary N) is 4. The van der Waals surface area contributed by atoms with Crippen LogP contribution in [0.25, 0.3) is 11.4 Å². The number of H-pyrrole nitrogens is 1.